The van der Waals surface area contributed by atoms with Gasteiger partial charge in [0.2, 0.25) is 0 Å². The number of aromatic nitrogens is 2. The third-order valence-electron chi connectivity index (χ3n) is 3.29. The average Bonchev–Trinajstić information content (AvgIpc) is 2.44. The van der Waals surface area contributed by atoms with Crippen LogP contribution in [0.1, 0.15) is 65.1 Å². The van der Waals surface area contributed by atoms with Gasteiger partial charge < -0.3 is 10.2 Å². The molecule has 1 N–H and O–H groups in total. The number of rotatable bonds is 9. The number of nitrogens with one attached hydrogen (secondary N) is 1. The Morgan fingerprint density at radius 2 is 1.90 bits per heavy atom. The molecular formula is C16H30N4. The van der Waals surface area contributed by atoms with Crippen molar-refractivity contribution in [2.24, 2.45) is 0 Å². The highest BCUT2D eigenvalue weighted by atomic mass is 15.2. The molecule has 0 amide bonds. The Kier molecular flexibility index (Phi) is 7.34. The minimum absolute atomic E-state index is 0.348. The summed E-state index contributed by atoms with van der Waals surface area (Å²) in [5, 5.41) is 3.37. The van der Waals surface area contributed by atoms with Crippen LogP contribution in [-0.4, -0.2) is 30.1 Å². The summed E-state index contributed by atoms with van der Waals surface area (Å²) in [7, 11) is 2.12. The van der Waals surface area contributed by atoms with Crippen LogP contribution in [0.3, 0.4) is 0 Å². The van der Waals surface area contributed by atoms with Crippen molar-refractivity contribution in [3.63, 3.8) is 0 Å². The zero-order chi connectivity index (χ0) is 15.0. The number of unbranched alkanes of at least 4 members (excludes halogenated alkanes) is 2. The molecule has 0 unspecified atom stereocenters. The van der Waals surface area contributed by atoms with Gasteiger partial charge in [-0.2, -0.15) is 0 Å². The monoisotopic (exact) mass is 278 g/mol. The summed E-state index contributed by atoms with van der Waals surface area (Å²) >= 11 is 0. The standard InChI is InChI=1S/C16H30N4/c1-6-8-9-11-20(5)15-12-14(17-10-7-2)18-16(19-15)13(3)4/h12-13H,6-11H2,1-5H3,(H,17,18,19). The lowest BCUT2D eigenvalue weighted by Crippen LogP contribution is -2.21. The summed E-state index contributed by atoms with van der Waals surface area (Å²) in [5.74, 6) is 3.24. The molecule has 0 bridgehead atoms. The molecule has 0 fully saturated rings. The molecule has 1 heterocycles. The molecule has 4 heteroatoms. The maximum Gasteiger partial charge on any atom is 0.135 e. The van der Waals surface area contributed by atoms with E-state index in [-0.39, 0.29) is 0 Å². The van der Waals surface area contributed by atoms with Crippen LogP contribution in [0.2, 0.25) is 0 Å². The summed E-state index contributed by atoms with van der Waals surface area (Å²) in [6.07, 6.45) is 4.83. The van der Waals surface area contributed by atoms with Gasteiger partial charge in [-0.25, -0.2) is 9.97 Å². The first-order valence-corrected chi connectivity index (χ1v) is 7.92. The van der Waals surface area contributed by atoms with Gasteiger partial charge in [0.15, 0.2) is 0 Å². The third kappa shape index (κ3) is 5.35. The molecular weight excluding hydrogens is 248 g/mol. The largest absolute Gasteiger partial charge is 0.370 e. The summed E-state index contributed by atoms with van der Waals surface area (Å²) in [5.41, 5.74) is 0. The lowest BCUT2D eigenvalue weighted by Gasteiger charge is -2.20. The minimum Gasteiger partial charge on any atom is -0.370 e. The molecule has 1 aromatic rings. The molecule has 20 heavy (non-hydrogen) atoms. The maximum absolute atomic E-state index is 4.69. The van der Waals surface area contributed by atoms with Crippen molar-refractivity contribution in [1.82, 2.24) is 9.97 Å². The fourth-order valence-corrected chi connectivity index (χ4v) is 1.96. The summed E-state index contributed by atoms with van der Waals surface area (Å²) in [6, 6.07) is 2.06. The van der Waals surface area contributed by atoms with Gasteiger partial charge in [0.25, 0.3) is 0 Å². The number of hydrogen-bond acceptors (Lipinski definition) is 4. The van der Waals surface area contributed by atoms with E-state index >= 15 is 0 Å². The summed E-state index contributed by atoms with van der Waals surface area (Å²) in [6.45, 7) is 10.7. The van der Waals surface area contributed by atoms with E-state index in [0.717, 1.165) is 37.0 Å². The van der Waals surface area contributed by atoms with Crippen LogP contribution in [0.5, 0.6) is 0 Å². The van der Waals surface area contributed by atoms with E-state index in [2.05, 4.69) is 56.0 Å². The molecule has 1 rings (SSSR count). The number of hydrogen-bond donors (Lipinski definition) is 1. The normalized spacial score (nSPS) is 10.9. The molecule has 114 valence electrons. The van der Waals surface area contributed by atoms with Crippen molar-refractivity contribution < 1.29 is 0 Å². The molecule has 0 atom stereocenters. The Hall–Kier alpha value is -1.32. The first-order valence-electron chi connectivity index (χ1n) is 7.92. The van der Waals surface area contributed by atoms with Crippen molar-refractivity contribution in [2.45, 2.75) is 59.3 Å². The Morgan fingerprint density at radius 1 is 1.15 bits per heavy atom. The second-order valence-corrected chi connectivity index (χ2v) is 5.68. The lowest BCUT2D eigenvalue weighted by molar-refractivity contribution is 0.695. The van der Waals surface area contributed by atoms with Crippen LogP contribution in [0.15, 0.2) is 6.07 Å². The molecule has 0 radical (unpaired) electrons. The van der Waals surface area contributed by atoms with Crippen LogP contribution in [0.25, 0.3) is 0 Å². The number of anilines is 2. The van der Waals surface area contributed by atoms with Crippen LogP contribution < -0.4 is 10.2 Å². The van der Waals surface area contributed by atoms with Crippen LogP contribution in [-0.2, 0) is 0 Å². The van der Waals surface area contributed by atoms with Gasteiger partial charge in [-0.3, -0.25) is 0 Å². The molecule has 0 spiro atoms. The molecule has 0 aliphatic carbocycles. The van der Waals surface area contributed by atoms with Crippen LogP contribution in [0, 0.1) is 0 Å². The second-order valence-electron chi connectivity index (χ2n) is 5.68. The number of nitrogens with zero attached hydrogens (tertiary/aromatic N) is 3. The van der Waals surface area contributed by atoms with Crippen molar-refractivity contribution in [2.75, 3.05) is 30.4 Å². The van der Waals surface area contributed by atoms with Gasteiger partial charge >= 0.3 is 0 Å². The van der Waals surface area contributed by atoms with E-state index in [0.29, 0.717) is 5.92 Å². The van der Waals surface area contributed by atoms with E-state index in [4.69, 9.17) is 4.98 Å². The van der Waals surface area contributed by atoms with Gasteiger partial charge in [-0.1, -0.05) is 40.5 Å². The predicted octanol–water partition coefficient (Wildman–Crippen LogP) is 4.05. The van der Waals surface area contributed by atoms with Crippen molar-refractivity contribution in [3.05, 3.63) is 11.9 Å². The van der Waals surface area contributed by atoms with Gasteiger partial charge in [0, 0.05) is 32.1 Å². The fourth-order valence-electron chi connectivity index (χ4n) is 1.96. The van der Waals surface area contributed by atoms with E-state index in [1.807, 2.05) is 0 Å². The van der Waals surface area contributed by atoms with E-state index in [9.17, 15) is 0 Å². The predicted molar refractivity (Wildman–Crippen MR) is 87.7 cm³/mol. The topological polar surface area (TPSA) is 41.0 Å². The Labute approximate surface area is 124 Å². The first kappa shape index (κ1) is 16.7. The SMILES string of the molecule is CCCCCN(C)c1cc(NCCC)nc(C(C)C)n1. The molecule has 0 saturated heterocycles. The lowest BCUT2D eigenvalue weighted by atomic mass is 10.2. The molecule has 0 aliphatic rings. The highest BCUT2D eigenvalue weighted by Crippen LogP contribution is 2.19. The Bertz CT molecular complexity index is 390. The molecule has 0 aliphatic heterocycles. The molecule has 4 nitrogen and oxygen atoms in total. The zero-order valence-electron chi connectivity index (χ0n) is 13.7. The molecule has 0 saturated carbocycles. The van der Waals surface area contributed by atoms with Gasteiger partial charge in [0.1, 0.15) is 17.5 Å². The van der Waals surface area contributed by atoms with Gasteiger partial charge in [0.05, 0.1) is 0 Å². The van der Waals surface area contributed by atoms with Gasteiger partial charge in [-0.15, -0.1) is 0 Å². The molecule has 0 aromatic carbocycles. The highest BCUT2D eigenvalue weighted by Gasteiger charge is 2.10. The minimum atomic E-state index is 0.348. The maximum atomic E-state index is 4.69. The third-order valence-corrected chi connectivity index (χ3v) is 3.29. The first-order chi connectivity index (χ1) is 9.58. The van der Waals surface area contributed by atoms with E-state index in [1.54, 1.807) is 0 Å². The Morgan fingerprint density at radius 3 is 2.50 bits per heavy atom. The zero-order valence-corrected chi connectivity index (χ0v) is 13.7. The van der Waals surface area contributed by atoms with Crippen molar-refractivity contribution in [3.8, 4) is 0 Å². The average molecular weight is 278 g/mol. The van der Waals surface area contributed by atoms with Crippen molar-refractivity contribution >= 4 is 11.6 Å². The van der Waals surface area contributed by atoms with Crippen LogP contribution in [0.4, 0.5) is 11.6 Å². The van der Waals surface area contributed by atoms with E-state index < -0.39 is 0 Å². The quantitative estimate of drug-likeness (QED) is 0.692. The van der Waals surface area contributed by atoms with Crippen molar-refractivity contribution in [1.29, 1.82) is 0 Å². The van der Waals surface area contributed by atoms with Crippen LogP contribution >= 0.6 is 0 Å². The van der Waals surface area contributed by atoms with E-state index in [1.165, 1.54) is 19.3 Å². The second kappa shape index (κ2) is 8.77. The highest BCUT2D eigenvalue weighted by molar-refractivity contribution is 5.49. The smallest absolute Gasteiger partial charge is 0.135 e. The Balaban J connectivity index is 2.84. The summed E-state index contributed by atoms with van der Waals surface area (Å²) in [4.78, 5) is 11.5. The van der Waals surface area contributed by atoms with Gasteiger partial charge in [-0.05, 0) is 12.8 Å². The fraction of sp³-hybridized carbons (Fsp3) is 0.750. The summed E-state index contributed by atoms with van der Waals surface area (Å²) < 4.78 is 0. The molecule has 1 aromatic heterocycles.